The number of carboxylic acid groups (broad SMARTS) is 1. The van der Waals surface area contributed by atoms with Crippen molar-refractivity contribution in [3.05, 3.63) is 37.9 Å². The van der Waals surface area contributed by atoms with Crippen LogP contribution in [0.2, 0.25) is 0 Å². The number of hydrogen-bond acceptors (Lipinski definition) is 8. The first-order valence-electron chi connectivity index (χ1n) is 6.71. The molecule has 0 saturated heterocycles. The van der Waals surface area contributed by atoms with Crippen LogP contribution in [0.4, 0.5) is 10.7 Å². The molecule has 0 saturated carbocycles. The molecule has 0 aliphatic heterocycles. The van der Waals surface area contributed by atoms with E-state index in [-0.39, 0.29) is 47.3 Å². The van der Waals surface area contributed by atoms with Gasteiger partial charge in [-0.2, -0.15) is 9.97 Å². The average Bonchev–Trinajstić information content (AvgIpc) is 2.53. The van der Waals surface area contributed by atoms with E-state index in [0.29, 0.717) is 3.57 Å². The van der Waals surface area contributed by atoms with Crippen molar-refractivity contribution in [3.8, 4) is 6.01 Å². The Balaban J connectivity index is 0.00000364. The number of aryl methyl sites for hydroxylation is 1. The van der Waals surface area contributed by atoms with Crippen LogP contribution in [-0.4, -0.2) is 47.6 Å². The average molecular weight is 515 g/mol. The van der Waals surface area contributed by atoms with Crippen molar-refractivity contribution in [2.45, 2.75) is 11.8 Å². The summed E-state index contributed by atoms with van der Waals surface area (Å²) in [5.74, 6) is -1.51. The molecule has 14 heteroatoms. The van der Waals surface area contributed by atoms with Gasteiger partial charge in [0, 0.05) is 3.57 Å². The van der Waals surface area contributed by atoms with E-state index in [1.807, 2.05) is 22.6 Å². The molecule has 0 spiro atoms. The van der Waals surface area contributed by atoms with Crippen LogP contribution in [0.15, 0.2) is 23.1 Å². The summed E-state index contributed by atoms with van der Waals surface area (Å²) in [6.45, 7) is 1.51. The van der Waals surface area contributed by atoms with E-state index < -0.39 is 32.5 Å². The zero-order valence-corrected chi connectivity index (χ0v) is 19.3. The fourth-order valence-corrected chi connectivity index (χ4v) is 3.54. The molecule has 1 aromatic carbocycles. The van der Waals surface area contributed by atoms with E-state index in [4.69, 9.17) is 9.84 Å². The molecule has 0 unspecified atom stereocenters. The van der Waals surface area contributed by atoms with Crippen molar-refractivity contribution in [1.29, 1.82) is 0 Å². The molecule has 0 radical (unpaired) electrons. The van der Waals surface area contributed by atoms with Crippen molar-refractivity contribution in [2.75, 3.05) is 12.4 Å². The molecular weight excluding hydrogens is 504 g/mol. The fraction of sp³-hybridized carbons (Fsp3) is 0.154. The quantitative estimate of drug-likeness (QED) is 0.368. The zero-order valence-electron chi connectivity index (χ0n) is 14.3. The Kier molecular flexibility index (Phi) is 8.34. The van der Waals surface area contributed by atoms with Crippen molar-refractivity contribution in [2.24, 2.45) is 0 Å². The predicted molar refractivity (Wildman–Crippen MR) is 96.8 cm³/mol. The van der Waals surface area contributed by atoms with Crippen LogP contribution in [-0.2, 0) is 10.0 Å². The summed E-state index contributed by atoms with van der Waals surface area (Å²) in [5.41, 5.74) is -0.500. The Morgan fingerprint density at radius 3 is 2.52 bits per heavy atom. The molecule has 0 atom stereocenters. The zero-order chi connectivity index (χ0) is 19.5. The third-order valence-electron chi connectivity index (χ3n) is 2.78. The summed E-state index contributed by atoms with van der Waals surface area (Å²) in [6.07, 6.45) is 0. The topological polar surface area (TPSA) is 163 Å². The molecule has 2 amide bonds. The number of rotatable bonds is 5. The van der Waals surface area contributed by atoms with Gasteiger partial charge in [-0.15, -0.1) is 0 Å². The van der Waals surface area contributed by atoms with E-state index in [1.54, 1.807) is 0 Å². The normalized spacial score (nSPS) is 10.5. The summed E-state index contributed by atoms with van der Waals surface area (Å²) in [4.78, 5) is 33.9. The number of aromatic carboxylic acids is 1. The first-order chi connectivity index (χ1) is 12.1. The van der Waals surface area contributed by atoms with Crippen LogP contribution in [0.5, 0.6) is 6.01 Å². The van der Waals surface area contributed by atoms with E-state index in [1.165, 1.54) is 20.1 Å². The number of amides is 2. The largest absolute Gasteiger partial charge is 1.00 e. The van der Waals surface area contributed by atoms with Crippen LogP contribution in [0.3, 0.4) is 0 Å². The van der Waals surface area contributed by atoms with Gasteiger partial charge in [-0.05, 0) is 47.7 Å². The van der Waals surface area contributed by atoms with Gasteiger partial charge in [0.1, 0.15) is 5.82 Å². The molecule has 2 rings (SSSR count). The monoisotopic (exact) mass is 515 g/mol. The second-order valence-electron chi connectivity index (χ2n) is 4.64. The van der Waals surface area contributed by atoms with Crippen molar-refractivity contribution in [1.82, 2.24) is 15.0 Å². The van der Waals surface area contributed by atoms with Crippen LogP contribution in [0.1, 0.15) is 16.2 Å². The number of nitrogens with one attached hydrogen (secondary N) is 1. The molecule has 0 aliphatic carbocycles. The molecular formula is C13H11IN5NaO6S. The minimum absolute atomic E-state index is 0. The van der Waals surface area contributed by atoms with Gasteiger partial charge in [-0.25, -0.2) is 18.2 Å². The van der Waals surface area contributed by atoms with Crippen LogP contribution in [0.25, 0.3) is 4.72 Å². The second kappa shape index (κ2) is 9.59. The molecule has 138 valence electrons. The number of sulfonamides is 1. The molecule has 1 heterocycles. The minimum atomic E-state index is -4.58. The molecule has 11 nitrogen and oxygen atoms in total. The number of anilines is 1. The molecule has 1 aromatic heterocycles. The Bertz CT molecular complexity index is 987. The van der Waals surface area contributed by atoms with Gasteiger partial charge in [0.15, 0.2) is 12.0 Å². The summed E-state index contributed by atoms with van der Waals surface area (Å²) in [5, 5.41) is 11.2. The van der Waals surface area contributed by atoms with E-state index in [9.17, 15) is 18.0 Å². The third-order valence-corrected chi connectivity index (χ3v) is 4.75. The summed E-state index contributed by atoms with van der Waals surface area (Å²) < 4.78 is 33.0. The Labute approximate surface area is 189 Å². The van der Waals surface area contributed by atoms with E-state index in [0.717, 1.165) is 12.1 Å². The van der Waals surface area contributed by atoms with Crippen molar-refractivity contribution < 1.29 is 57.4 Å². The van der Waals surface area contributed by atoms with Gasteiger partial charge in [0.2, 0.25) is 10.0 Å². The predicted octanol–water partition coefficient (Wildman–Crippen LogP) is -1.21. The maximum atomic E-state index is 12.3. The third kappa shape index (κ3) is 6.24. The smallest absolute Gasteiger partial charge is 0.478 e. The second-order valence-corrected chi connectivity index (χ2v) is 7.45. The minimum Gasteiger partial charge on any atom is -0.478 e. The van der Waals surface area contributed by atoms with Crippen LogP contribution in [0, 0.1) is 10.5 Å². The first kappa shape index (κ1) is 23.5. The molecule has 0 aliphatic rings. The number of carbonyl (C=O) groups is 2. The van der Waals surface area contributed by atoms with Crippen LogP contribution < -0.4 is 39.6 Å². The molecule has 0 fully saturated rings. The number of carbonyl (C=O) groups excluding carboxylic acids is 1. The van der Waals surface area contributed by atoms with Gasteiger partial charge in [0.05, 0.1) is 17.6 Å². The Morgan fingerprint density at radius 1 is 1.26 bits per heavy atom. The summed E-state index contributed by atoms with van der Waals surface area (Å²) >= 11 is 1.81. The Hall–Kier alpha value is -1.55. The maximum absolute atomic E-state index is 12.3. The SMILES string of the molecule is COc1nc(C)nc(NC(=O)[N-]S(=O)(=O)c2cc(I)ccc2C(=O)O)n1.[Na+]. The molecule has 2 N–H and O–H groups in total. The molecule has 0 bridgehead atoms. The van der Waals surface area contributed by atoms with Gasteiger partial charge < -0.3 is 19.9 Å². The molecule has 27 heavy (non-hydrogen) atoms. The number of carboxylic acids is 1. The van der Waals surface area contributed by atoms with Gasteiger partial charge in [0.25, 0.3) is 0 Å². The standard InChI is InChI=1S/C13H12IN5O6S.Na/c1-6-15-11(18-13(16-6)25-2)17-12(22)19-26(23,24)9-5-7(14)3-4-8(9)10(20)21;/h3-5H,1-2H3,(H3,15,16,17,18,19,20,21,22);/q;+1/p-1. The van der Waals surface area contributed by atoms with Crippen molar-refractivity contribution >= 4 is 50.6 Å². The number of ether oxygens (including phenoxy) is 1. The molecule has 2 aromatic rings. The number of halogens is 1. The number of nitrogens with zero attached hydrogens (tertiary/aromatic N) is 4. The van der Waals surface area contributed by atoms with Gasteiger partial charge >= 0.3 is 41.5 Å². The van der Waals surface area contributed by atoms with Gasteiger partial charge in [-0.3, -0.25) is 4.79 Å². The number of hydrogen-bond donors (Lipinski definition) is 2. The number of aromatic nitrogens is 3. The summed E-state index contributed by atoms with van der Waals surface area (Å²) in [6, 6.07) is 2.26. The van der Waals surface area contributed by atoms with Gasteiger partial charge in [-0.1, -0.05) is 0 Å². The summed E-state index contributed by atoms with van der Waals surface area (Å²) in [7, 11) is -3.27. The van der Waals surface area contributed by atoms with Crippen LogP contribution >= 0.6 is 22.6 Å². The first-order valence-corrected chi connectivity index (χ1v) is 9.23. The number of benzene rings is 1. The fourth-order valence-electron chi connectivity index (χ4n) is 1.77. The number of methoxy groups -OCH3 is 1. The van der Waals surface area contributed by atoms with E-state index in [2.05, 4.69) is 25.0 Å². The number of urea groups is 1. The Morgan fingerprint density at radius 2 is 1.93 bits per heavy atom. The van der Waals surface area contributed by atoms with Crippen molar-refractivity contribution in [3.63, 3.8) is 0 Å². The van der Waals surface area contributed by atoms with E-state index >= 15 is 0 Å². The maximum Gasteiger partial charge on any atom is 1.00 e.